The van der Waals surface area contributed by atoms with Crippen LogP contribution in [0.5, 0.6) is 0 Å². The van der Waals surface area contributed by atoms with Crippen molar-refractivity contribution >= 4 is 17.2 Å². The molecule has 156 valence electrons. The molecule has 6 nitrogen and oxygen atoms in total. The van der Waals surface area contributed by atoms with Crippen molar-refractivity contribution in [2.45, 2.75) is 65.2 Å². The van der Waals surface area contributed by atoms with Crippen molar-refractivity contribution in [3.63, 3.8) is 0 Å². The summed E-state index contributed by atoms with van der Waals surface area (Å²) in [6.07, 6.45) is 7.96. The van der Waals surface area contributed by atoms with Crippen LogP contribution in [0.4, 0.5) is 0 Å². The highest BCUT2D eigenvalue weighted by atomic mass is 16.6. The minimum Gasteiger partial charge on any atom is -0.399 e. The first-order valence-corrected chi connectivity index (χ1v) is 10.9. The fourth-order valence-corrected chi connectivity index (χ4v) is 7.14. The molecule has 0 aromatic carbocycles. The molecule has 6 atom stereocenters. The molecular weight excluding hydrogens is 354 g/mol. The minimum atomic E-state index is -0.111. The monoisotopic (exact) mass is 389 g/mol. The first-order chi connectivity index (χ1) is 13.4. The molecule has 2 N–H and O–H groups in total. The van der Waals surface area contributed by atoms with E-state index in [1.54, 1.807) is 7.11 Å². The number of Topliss-reactive ketones (excluding diaryl/α,β-unsaturated/α-hetero) is 1. The molecule has 4 saturated carbocycles. The Kier molecular flexibility index (Phi) is 5.27. The van der Waals surface area contributed by atoms with E-state index in [0.717, 1.165) is 57.1 Å². The Morgan fingerprint density at radius 1 is 1.11 bits per heavy atom. The van der Waals surface area contributed by atoms with Crippen LogP contribution >= 0.6 is 0 Å². The third-order valence-electron chi connectivity index (χ3n) is 8.64. The van der Waals surface area contributed by atoms with Crippen LogP contribution in [0.3, 0.4) is 0 Å². The number of rotatable bonds is 4. The van der Waals surface area contributed by atoms with Crippen molar-refractivity contribution in [2.75, 3.05) is 20.3 Å². The Labute approximate surface area is 168 Å². The number of oxime groups is 2. The lowest BCUT2D eigenvalue weighted by atomic mass is 9.45. The number of fused-ring (bicyclic) bond motifs is 5. The highest BCUT2D eigenvalue weighted by molar-refractivity contribution is 5.96. The topological polar surface area (TPSA) is 86.3 Å². The second kappa shape index (κ2) is 7.43. The Morgan fingerprint density at radius 3 is 2.68 bits per heavy atom. The summed E-state index contributed by atoms with van der Waals surface area (Å²) in [5, 5.41) is 8.87. The van der Waals surface area contributed by atoms with Crippen LogP contribution in [0.15, 0.2) is 10.3 Å². The van der Waals surface area contributed by atoms with E-state index in [1.165, 1.54) is 5.71 Å². The molecule has 4 fully saturated rings. The van der Waals surface area contributed by atoms with Gasteiger partial charge in [-0.15, -0.1) is 0 Å². The van der Waals surface area contributed by atoms with Gasteiger partial charge in [-0.05, 0) is 68.1 Å². The zero-order valence-electron chi connectivity index (χ0n) is 17.6. The Balaban J connectivity index is 1.63. The minimum absolute atomic E-state index is 0.111. The zero-order valence-corrected chi connectivity index (χ0v) is 17.6. The zero-order chi connectivity index (χ0) is 19.9. The maximum atomic E-state index is 12.6. The van der Waals surface area contributed by atoms with Crippen LogP contribution in [0.1, 0.15) is 65.2 Å². The van der Waals surface area contributed by atoms with E-state index in [2.05, 4.69) is 24.2 Å². The standard InChI is InChI=1S/C22H35N3O3/c1-21-8-6-14(24-28-11-10-23)12-18(21)19(25-27-3)13-15-16-4-5-20(26)22(16,2)9-7-17(15)21/h15-18H,4-13,23H2,1-3H3/t15?,16?,17?,18?,21-,22+/m1/s1. The number of hydrogen-bond donors (Lipinski definition) is 1. The van der Waals surface area contributed by atoms with Crippen LogP contribution < -0.4 is 5.73 Å². The SMILES string of the molecule is CON=C1CC2C(CC[C@]3(C)C(=O)CCC23)[C@@]2(C)CCC(=NOCCN)CC12. The van der Waals surface area contributed by atoms with E-state index < -0.39 is 0 Å². The van der Waals surface area contributed by atoms with Crippen molar-refractivity contribution in [1.82, 2.24) is 0 Å². The molecule has 0 aromatic rings. The largest absolute Gasteiger partial charge is 0.399 e. The molecule has 0 aliphatic heterocycles. The molecule has 4 rings (SSSR count). The van der Waals surface area contributed by atoms with E-state index >= 15 is 0 Å². The molecule has 0 spiro atoms. The highest BCUT2D eigenvalue weighted by Crippen LogP contribution is 2.64. The number of ketones is 1. The second-order valence-corrected chi connectivity index (χ2v) is 9.81. The first-order valence-electron chi connectivity index (χ1n) is 10.9. The van der Waals surface area contributed by atoms with E-state index in [4.69, 9.17) is 15.4 Å². The van der Waals surface area contributed by atoms with Crippen molar-refractivity contribution in [1.29, 1.82) is 0 Å². The second-order valence-electron chi connectivity index (χ2n) is 9.81. The van der Waals surface area contributed by atoms with E-state index in [0.29, 0.717) is 42.6 Å². The summed E-state index contributed by atoms with van der Waals surface area (Å²) in [6.45, 7) is 5.63. The lowest BCUT2D eigenvalue weighted by molar-refractivity contribution is -0.133. The summed E-state index contributed by atoms with van der Waals surface area (Å²) in [6, 6.07) is 0. The van der Waals surface area contributed by atoms with Crippen molar-refractivity contribution < 1.29 is 14.5 Å². The lowest BCUT2D eigenvalue weighted by Crippen LogP contribution is -2.56. The third kappa shape index (κ3) is 2.99. The van der Waals surface area contributed by atoms with Gasteiger partial charge < -0.3 is 15.4 Å². The van der Waals surface area contributed by atoms with Crippen molar-refractivity contribution in [2.24, 2.45) is 50.5 Å². The van der Waals surface area contributed by atoms with Gasteiger partial charge in [-0.25, -0.2) is 0 Å². The number of carbonyl (C=O) groups excluding carboxylic acids is 1. The molecule has 4 aliphatic carbocycles. The van der Waals surface area contributed by atoms with Crippen LogP contribution in [0.25, 0.3) is 0 Å². The van der Waals surface area contributed by atoms with Gasteiger partial charge in [-0.2, -0.15) is 0 Å². The maximum Gasteiger partial charge on any atom is 0.139 e. The average molecular weight is 390 g/mol. The summed E-state index contributed by atoms with van der Waals surface area (Å²) in [5.41, 5.74) is 7.89. The Bertz CT molecular complexity index is 691. The summed E-state index contributed by atoms with van der Waals surface area (Å²) < 4.78 is 0. The summed E-state index contributed by atoms with van der Waals surface area (Å²) in [7, 11) is 1.64. The first kappa shape index (κ1) is 19.9. The number of carbonyl (C=O) groups is 1. The molecule has 0 heterocycles. The van der Waals surface area contributed by atoms with Crippen LogP contribution in [0, 0.1) is 34.5 Å². The van der Waals surface area contributed by atoms with Crippen molar-refractivity contribution in [3.05, 3.63) is 0 Å². The van der Waals surface area contributed by atoms with E-state index in [-0.39, 0.29) is 10.8 Å². The molecule has 0 aromatic heterocycles. The number of nitrogens with zero attached hydrogens (tertiary/aromatic N) is 2. The van der Waals surface area contributed by atoms with Gasteiger partial charge in [-0.1, -0.05) is 24.2 Å². The van der Waals surface area contributed by atoms with Gasteiger partial charge in [0, 0.05) is 24.3 Å². The van der Waals surface area contributed by atoms with Crippen LogP contribution in [-0.2, 0) is 14.5 Å². The molecule has 6 heteroatoms. The van der Waals surface area contributed by atoms with Gasteiger partial charge in [0.15, 0.2) is 0 Å². The normalized spacial score (nSPS) is 45.5. The Hall–Kier alpha value is -1.43. The van der Waals surface area contributed by atoms with Crippen LogP contribution in [-0.4, -0.2) is 37.5 Å². The van der Waals surface area contributed by atoms with Gasteiger partial charge in [0.2, 0.25) is 0 Å². The van der Waals surface area contributed by atoms with Gasteiger partial charge in [0.25, 0.3) is 0 Å². The molecule has 4 aliphatic rings. The van der Waals surface area contributed by atoms with Gasteiger partial charge in [0.05, 0.1) is 11.4 Å². The molecule has 28 heavy (non-hydrogen) atoms. The van der Waals surface area contributed by atoms with Gasteiger partial charge in [0.1, 0.15) is 19.5 Å². The molecule has 0 amide bonds. The number of hydrogen-bond acceptors (Lipinski definition) is 6. The third-order valence-corrected chi connectivity index (χ3v) is 8.64. The summed E-state index contributed by atoms with van der Waals surface area (Å²) in [4.78, 5) is 23.3. The maximum absolute atomic E-state index is 12.6. The smallest absolute Gasteiger partial charge is 0.139 e. The fraction of sp³-hybridized carbons (Fsp3) is 0.864. The summed E-state index contributed by atoms with van der Waals surface area (Å²) >= 11 is 0. The fourth-order valence-electron chi connectivity index (χ4n) is 7.14. The predicted octanol–water partition coefficient (Wildman–Crippen LogP) is 3.54. The molecule has 0 radical (unpaired) electrons. The molecule has 0 saturated heterocycles. The molecular formula is C22H35N3O3. The summed E-state index contributed by atoms with van der Waals surface area (Å²) in [5.74, 6) is 2.55. The predicted molar refractivity (Wildman–Crippen MR) is 109 cm³/mol. The number of nitrogens with two attached hydrogens (primary N) is 1. The Morgan fingerprint density at radius 2 is 1.93 bits per heavy atom. The molecule has 0 bridgehead atoms. The van der Waals surface area contributed by atoms with Gasteiger partial charge >= 0.3 is 0 Å². The quantitative estimate of drug-likeness (QED) is 0.588. The van der Waals surface area contributed by atoms with Crippen LogP contribution in [0.2, 0.25) is 0 Å². The van der Waals surface area contributed by atoms with E-state index in [9.17, 15) is 4.79 Å². The highest BCUT2D eigenvalue weighted by Gasteiger charge is 2.61. The van der Waals surface area contributed by atoms with Crippen molar-refractivity contribution in [3.8, 4) is 0 Å². The van der Waals surface area contributed by atoms with E-state index in [1.807, 2.05) is 0 Å². The lowest BCUT2D eigenvalue weighted by Gasteiger charge is -2.59. The van der Waals surface area contributed by atoms with Gasteiger partial charge in [-0.3, -0.25) is 4.79 Å². The molecule has 4 unspecified atom stereocenters. The average Bonchev–Trinajstić information content (AvgIpc) is 2.98.